The summed E-state index contributed by atoms with van der Waals surface area (Å²) >= 11 is 0. The van der Waals surface area contributed by atoms with Gasteiger partial charge in [-0.3, -0.25) is 0 Å². The van der Waals surface area contributed by atoms with Crippen LogP contribution in [0.5, 0.6) is 0 Å². The van der Waals surface area contributed by atoms with Gasteiger partial charge in [0.05, 0.1) is 18.8 Å². The molecular formula is C13H22N2O4. The van der Waals surface area contributed by atoms with Crippen molar-refractivity contribution in [2.45, 2.75) is 44.7 Å². The van der Waals surface area contributed by atoms with E-state index < -0.39 is 17.6 Å². The lowest BCUT2D eigenvalue weighted by Gasteiger charge is -2.42. The van der Waals surface area contributed by atoms with Crippen molar-refractivity contribution in [3.05, 3.63) is 0 Å². The molecule has 1 aliphatic carbocycles. The fraction of sp³-hybridized carbons (Fsp3) is 0.846. The number of carboxylic acids is 1. The van der Waals surface area contributed by atoms with Crippen molar-refractivity contribution in [1.82, 2.24) is 10.2 Å². The number of nitrogens with one attached hydrogen (secondary N) is 1. The third-order valence-corrected chi connectivity index (χ3v) is 3.75. The topological polar surface area (TPSA) is 78.9 Å². The van der Waals surface area contributed by atoms with Gasteiger partial charge in [0.15, 0.2) is 0 Å². The summed E-state index contributed by atoms with van der Waals surface area (Å²) < 4.78 is 5.35. The van der Waals surface area contributed by atoms with Gasteiger partial charge in [-0.2, -0.15) is 0 Å². The molecule has 6 nitrogen and oxygen atoms in total. The number of rotatable bonds is 4. The maximum Gasteiger partial charge on any atom is 0.326 e. The molecule has 0 radical (unpaired) electrons. The van der Waals surface area contributed by atoms with Gasteiger partial charge in [0.2, 0.25) is 0 Å². The van der Waals surface area contributed by atoms with Crippen LogP contribution < -0.4 is 5.32 Å². The summed E-state index contributed by atoms with van der Waals surface area (Å²) in [4.78, 5) is 25.1. The van der Waals surface area contributed by atoms with Crippen molar-refractivity contribution < 1.29 is 19.4 Å². The van der Waals surface area contributed by atoms with Gasteiger partial charge in [-0.25, -0.2) is 9.59 Å². The molecule has 6 heteroatoms. The first-order valence-corrected chi connectivity index (χ1v) is 6.79. The number of urea groups is 1. The van der Waals surface area contributed by atoms with Gasteiger partial charge in [-0.15, -0.1) is 0 Å². The SMILES string of the molecule is CC1(C)COCCN1C(=O)N[C@@H](CC1CC1)C(=O)O. The van der Waals surface area contributed by atoms with Crippen LogP contribution in [-0.2, 0) is 9.53 Å². The highest BCUT2D eigenvalue weighted by Gasteiger charge is 2.37. The summed E-state index contributed by atoms with van der Waals surface area (Å²) in [7, 11) is 0. The normalized spacial score (nSPS) is 23.8. The zero-order valence-electron chi connectivity index (χ0n) is 11.5. The summed E-state index contributed by atoms with van der Waals surface area (Å²) in [5.41, 5.74) is -0.398. The average molecular weight is 270 g/mol. The van der Waals surface area contributed by atoms with Crippen LogP contribution in [0.3, 0.4) is 0 Å². The molecule has 1 atom stereocenters. The van der Waals surface area contributed by atoms with E-state index in [1.165, 1.54) is 0 Å². The molecule has 2 amide bonds. The Morgan fingerprint density at radius 2 is 2.16 bits per heavy atom. The van der Waals surface area contributed by atoms with Crippen molar-refractivity contribution in [2.24, 2.45) is 5.92 Å². The number of nitrogens with zero attached hydrogens (tertiary/aromatic N) is 1. The predicted molar refractivity (Wildman–Crippen MR) is 68.9 cm³/mol. The smallest absolute Gasteiger partial charge is 0.326 e. The Balaban J connectivity index is 1.95. The third-order valence-electron chi connectivity index (χ3n) is 3.75. The van der Waals surface area contributed by atoms with E-state index >= 15 is 0 Å². The Morgan fingerprint density at radius 3 is 2.68 bits per heavy atom. The molecule has 1 saturated heterocycles. The van der Waals surface area contributed by atoms with E-state index in [1.54, 1.807) is 4.90 Å². The predicted octanol–water partition coefficient (Wildman–Crippen LogP) is 1.06. The van der Waals surface area contributed by atoms with Gasteiger partial charge >= 0.3 is 12.0 Å². The van der Waals surface area contributed by atoms with Gasteiger partial charge in [0.25, 0.3) is 0 Å². The Hall–Kier alpha value is -1.30. The number of hydrogen-bond acceptors (Lipinski definition) is 3. The standard InChI is InChI=1S/C13H22N2O4/c1-13(2)8-19-6-5-15(13)12(18)14-10(11(16)17)7-9-3-4-9/h9-10H,3-8H2,1-2H3,(H,14,18)(H,16,17)/t10-/m0/s1. The second-order valence-corrected chi connectivity index (χ2v) is 6.04. The van der Waals surface area contributed by atoms with Crippen molar-refractivity contribution in [3.8, 4) is 0 Å². The Labute approximate surface area is 113 Å². The number of morpholine rings is 1. The second-order valence-electron chi connectivity index (χ2n) is 6.04. The quantitative estimate of drug-likeness (QED) is 0.800. The van der Waals surface area contributed by atoms with Crippen molar-refractivity contribution in [2.75, 3.05) is 19.8 Å². The number of carboxylic acid groups (broad SMARTS) is 1. The van der Waals surface area contributed by atoms with E-state index in [1.807, 2.05) is 13.8 Å². The first kappa shape index (κ1) is 14.1. The van der Waals surface area contributed by atoms with Crippen molar-refractivity contribution >= 4 is 12.0 Å². The van der Waals surface area contributed by atoms with E-state index in [9.17, 15) is 9.59 Å². The molecule has 0 aromatic rings. The minimum atomic E-state index is -0.952. The highest BCUT2D eigenvalue weighted by atomic mass is 16.5. The maximum atomic E-state index is 12.2. The molecule has 108 valence electrons. The van der Waals surface area contributed by atoms with E-state index in [4.69, 9.17) is 9.84 Å². The molecule has 19 heavy (non-hydrogen) atoms. The zero-order valence-corrected chi connectivity index (χ0v) is 11.5. The highest BCUT2D eigenvalue weighted by molar-refractivity contribution is 5.83. The number of amides is 2. The first-order valence-electron chi connectivity index (χ1n) is 6.79. The van der Waals surface area contributed by atoms with Crippen LogP contribution in [0.4, 0.5) is 4.79 Å². The van der Waals surface area contributed by atoms with Gasteiger partial charge in [0.1, 0.15) is 6.04 Å². The van der Waals surface area contributed by atoms with Gasteiger partial charge < -0.3 is 20.1 Å². The molecule has 2 aliphatic rings. The molecule has 2 rings (SSSR count). The van der Waals surface area contributed by atoms with Crippen LogP contribution in [0.2, 0.25) is 0 Å². The minimum absolute atomic E-state index is 0.304. The minimum Gasteiger partial charge on any atom is -0.480 e. The summed E-state index contributed by atoms with van der Waals surface area (Å²) in [5, 5.41) is 11.8. The van der Waals surface area contributed by atoms with Crippen LogP contribution in [-0.4, -0.2) is 53.3 Å². The lowest BCUT2D eigenvalue weighted by Crippen LogP contribution is -2.60. The van der Waals surface area contributed by atoms with Crippen LogP contribution in [0.25, 0.3) is 0 Å². The molecular weight excluding hydrogens is 248 g/mol. The van der Waals surface area contributed by atoms with Crippen LogP contribution in [0.15, 0.2) is 0 Å². The number of aliphatic carboxylic acids is 1. The second kappa shape index (κ2) is 5.36. The summed E-state index contributed by atoms with van der Waals surface area (Å²) in [6.07, 6.45) is 2.68. The summed E-state index contributed by atoms with van der Waals surface area (Å²) in [5.74, 6) is -0.495. The maximum absolute atomic E-state index is 12.2. The molecule has 0 aromatic heterocycles. The molecule has 1 saturated carbocycles. The number of carbonyl (C=O) groups is 2. The summed E-state index contributed by atoms with van der Waals surface area (Å²) in [6.45, 7) is 5.30. The molecule has 0 unspecified atom stereocenters. The number of hydrogen-bond donors (Lipinski definition) is 2. The molecule has 1 aliphatic heterocycles. The van der Waals surface area contributed by atoms with Crippen LogP contribution in [0, 0.1) is 5.92 Å². The highest BCUT2D eigenvalue weighted by Crippen LogP contribution is 2.33. The molecule has 0 aromatic carbocycles. The Bertz CT molecular complexity index is 366. The first-order chi connectivity index (χ1) is 8.90. The Morgan fingerprint density at radius 1 is 1.47 bits per heavy atom. The van der Waals surface area contributed by atoms with E-state index in [0.29, 0.717) is 32.1 Å². The number of carbonyl (C=O) groups excluding carboxylic acids is 1. The summed E-state index contributed by atoms with van der Waals surface area (Å²) in [6, 6.07) is -1.08. The molecule has 0 spiro atoms. The molecule has 1 heterocycles. The lowest BCUT2D eigenvalue weighted by atomic mass is 10.0. The largest absolute Gasteiger partial charge is 0.480 e. The third kappa shape index (κ3) is 3.59. The zero-order chi connectivity index (χ0) is 14.0. The molecule has 2 fully saturated rings. The lowest BCUT2D eigenvalue weighted by molar-refractivity contribution is -0.139. The molecule has 0 bridgehead atoms. The molecule has 2 N–H and O–H groups in total. The Kier molecular flexibility index (Phi) is 3.99. The van der Waals surface area contributed by atoms with Crippen LogP contribution >= 0.6 is 0 Å². The van der Waals surface area contributed by atoms with Gasteiger partial charge in [0, 0.05) is 6.54 Å². The fourth-order valence-corrected chi connectivity index (χ4v) is 2.37. The van der Waals surface area contributed by atoms with E-state index in [0.717, 1.165) is 12.8 Å². The van der Waals surface area contributed by atoms with E-state index in [-0.39, 0.29) is 6.03 Å². The average Bonchev–Trinajstić information content (AvgIpc) is 3.11. The van der Waals surface area contributed by atoms with Crippen molar-refractivity contribution in [1.29, 1.82) is 0 Å². The fourth-order valence-electron chi connectivity index (χ4n) is 2.37. The number of ether oxygens (including phenoxy) is 1. The van der Waals surface area contributed by atoms with Crippen LogP contribution in [0.1, 0.15) is 33.1 Å². The van der Waals surface area contributed by atoms with Crippen molar-refractivity contribution in [3.63, 3.8) is 0 Å². The van der Waals surface area contributed by atoms with E-state index in [2.05, 4.69) is 5.32 Å². The van der Waals surface area contributed by atoms with Gasteiger partial charge in [-0.1, -0.05) is 12.8 Å². The monoisotopic (exact) mass is 270 g/mol. The van der Waals surface area contributed by atoms with Gasteiger partial charge in [-0.05, 0) is 26.2 Å².